The Morgan fingerprint density at radius 3 is 2.89 bits per heavy atom. The lowest BCUT2D eigenvalue weighted by atomic mass is 9.98. The number of piperidine rings is 1. The molecule has 2 rings (SSSR count). The van der Waals surface area contributed by atoms with Gasteiger partial charge in [-0.3, -0.25) is 9.59 Å². The molecule has 0 aromatic carbocycles. The lowest BCUT2D eigenvalue weighted by molar-refractivity contribution is -0.137. The number of hydrogen-bond acceptors (Lipinski definition) is 3. The Morgan fingerprint density at radius 2 is 2.33 bits per heavy atom. The van der Waals surface area contributed by atoms with Gasteiger partial charge in [-0.25, -0.2) is 0 Å². The molecule has 0 bridgehead atoms. The molecule has 1 fully saturated rings. The van der Waals surface area contributed by atoms with Crippen molar-refractivity contribution in [2.45, 2.75) is 26.3 Å². The van der Waals surface area contributed by atoms with E-state index in [4.69, 9.17) is 4.42 Å². The molecule has 2 amide bonds. The van der Waals surface area contributed by atoms with Crippen molar-refractivity contribution >= 4 is 11.8 Å². The minimum Gasteiger partial charge on any atom is -0.464 e. The third-order valence-electron chi connectivity index (χ3n) is 3.18. The van der Waals surface area contributed by atoms with E-state index in [0.29, 0.717) is 25.9 Å². The molecular weight excluding hydrogens is 232 g/mol. The van der Waals surface area contributed by atoms with E-state index in [2.05, 4.69) is 5.32 Å². The van der Waals surface area contributed by atoms with Gasteiger partial charge in [0.15, 0.2) is 0 Å². The second-order valence-corrected chi connectivity index (χ2v) is 4.75. The summed E-state index contributed by atoms with van der Waals surface area (Å²) in [7, 11) is 1.76. The maximum atomic E-state index is 12.1. The number of carbonyl (C=O) groups is 2. The van der Waals surface area contributed by atoms with Crippen LogP contribution >= 0.6 is 0 Å². The number of rotatable bonds is 3. The minimum absolute atomic E-state index is 0.0309. The second-order valence-electron chi connectivity index (χ2n) is 4.75. The molecule has 18 heavy (non-hydrogen) atoms. The van der Waals surface area contributed by atoms with E-state index in [1.54, 1.807) is 11.9 Å². The van der Waals surface area contributed by atoms with E-state index >= 15 is 0 Å². The first-order chi connectivity index (χ1) is 8.56. The topological polar surface area (TPSA) is 62.6 Å². The van der Waals surface area contributed by atoms with Crippen LogP contribution in [0.4, 0.5) is 0 Å². The molecular formula is C13H18N2O3. The van der Waals surface area contributed by atoms with Gasteiger partial charge in [0.2, 0.25) is 11.8 Å². The van der Waals surface area contributed by atoms with Crippen molar-refractivity contribution in [2.24, 2.45) is 5.92 Å². The highest BCUT2D eigenvalue weighted by molar-refractivity contribution is 5.83. The first-order valence-corrected chi connectivity index (χ1v) is 6.13. The van der Waals surface area contributed by atoms with Crippen LogP contribution in [-0.4, -0.2) is 30.3 Å². The Kier molecular flexibility index (Phi) is 3.69. The van der Waals surface area contributed by atoms with Gasteiger partial charge in [0.05, 0.1) is 12.5 Å². The molecule has 1 aromatic rings. The zero-order valence-electron chi connectivity index (χ0n) is 10.7. The van der Waals surface area contributed by atoms with Gasteiger partial charge in [0.25, 0.3) is 0 Å². The summed E-state index contributed by atoms with van der Waals surface area (Å²) in [5, 5.41) is 2.73. The summed E-state index contributed by atoms with van der Waals surface area (Å²) in [5.74, 6) is 1.61. The van der Waals surface area contributed by atoms with Crippen molar-refractivity contribution in [2.75, 3.05) is 13.6 Å². The molecule has 2 heterocycles. The van der Waals surface area contributed by atoms with E-state index in [9.17, 15) is 9.59 Å². The van der Waals surface area contributed by atoms with Crippen LogP contribution in [0.1, 0.15) is 24.4 Å². The van der Waals surface area contributed by atoms with Crippen LogP contribution < -0.4 is 5.32 Å². The summed E-state index contributed by atoms with van der Waals surface area (Å²) in [4.78, 5) is 24.8. The fourth-order valence-electron chi connectivity index (χ4n) is 2.14. The Hall–Kier alpha value is -1.78. The van der Waals surface area contributed by atoms with Crippen LogP contribution in [0.5, 0.6) is 0 Å². The van der Waals surface area contributed by atoms with Crippen molar-refractivity contribution < 1.29 is 14.0 Å². The Balaban J connectivity index is 1.90. The van der Waals surface area contributed by atoms with Crippen molar-refractivity contribution in [1.29, 1.82) is 0 Å². The average Bonchev–Trinajstić information content (AvgIpc) is 2.75. The number of aryl methyl sites for hydroxylation is 1. The van der Waals surface area contributed by atoms with Crippen LogP contribution in [-0.2, 0) is 16.1 Å². The molecule has 0 spiro atoms. The average molecular weight is 250 g/mol. The fraction of sp³-hybridized carbons (Fsp3) is 0.538. The summed E-state index contributed by atoms with van der Waals surface area (Å²) >= 11 is 0. The zero-order chi connectivity index (χ0) is 13.1. The van der Waals surface area contributed by atoms with Crippen molar-refractivity contribution in [3.05, 3.63) is 23.7 Å². The van der Waals surface area contributed by atoms with Gasteiger partial charge in [-0.1, -0.05) is 0 Å². The van der Waals surface area contributed by atoms with Crippen molar-refractivity contribution in [3.8, 4) is 0 Å². The Labute approximate surface area is 106 Å². The van der Waals surface area contributed by atoms with Gasteiger partial charge in [0, 0.05) is 20.0 Å². The van der Waals surface area contributed by atoms with E-state index in [1.165, 1.54) is 0 Å². The van der Waals surface area contributed by atoms with Crippen LogP contribution in [0.25, 0.3) is 0 Å². The third kappa shape index (κ3) is 2.91. The van der Waals surface area contributed by atoms with E-state index in [0.717, 1.165) is 11.5 Å². The van der Waals surface area contributed by atoms with Crippen molar-refractivity contribution in [1.82, 2.24) is 10.2 Å². The molecule has 1 aliphatic heterocycles. The van der Waals surface area contributed by atoms with Crippen LogP contribution in [0.2, 0.25) is 0 Å². The number of nitrogens with one attached hydrogen (secondary N) is 1. The molecule has 5 nitrogen and oxygen atoms in total. The molecule has 1 N–H and O–H groups in total. The molecule has 98 valence electrons. The summed E-state index contributed by atoms with van der Waals surface area (Å²) < 4.78 is 5.45. The minimum atomic E-state index is -0.108. The zero-order valence-corrected chi connectivity index (χ0v) is 10.7. The lowest BCUT2D eigenvalue weighted by Gasteiger charge is -2.26. The number of carbonyl (C=O) groups excluding carboxylic acids is 2. The monoisotopic (exact) mass is 250 g/mol. The van der Waals surface area contributed by atoms with Crippen LogP contribution in [0.3, 0.4) is 0 Å². The first kappa shape index (κ1) is 12.7. The maximum Gasteiger partial charge on any atom is 0.227 e. The SMILES string of the molecule is Cc1ccc(CN(C)C(=O)C2CCC(=O)NC2)o1. The Bertz CT molecular complexity index is 443. The summed E-state index contributed by atoms with van der Waals surface area (Å²) in [6, 6.07) is 3.76. The highest BCUT2D eigenvalue weighted by atomic mass is 16.3. The molecule has 1 aromatic heterocycles. The molecule has 0 saturated carbocycles. The summed E-state index contributed by atoms with van der Waals surface area (Å²) in [6.45, 7) is 2.79. The molecule has 0 aliphatic carbocycles. The molecule has 5 heteroatoms. The number of amides is 2. The molecule has 1 saturated heterocycles. The van der Waals surface area contributed by atoms with E-state index in [1.807, 2.05) is 19.1 Å². The standard InChI is InChI=1S/C13H18N2O3/c1-9-3-5-11(18-9)8-15(2)13(17)10-4-6-12(16)14-7-10/h3,5,10H,4,6-8H2,1-2H3,(H,14,16). The van der Waals surface area contributed by atoms with Gasteiger partial charge >= 0.3 is 0 Å². The second kappa shape index (κ2) is 5.25. The highest BCUT2D eigenvalue weighted by Gasteiger charge is 2.27. The predicted octanol–water partition coefficient (Wildman–Crippen LogP) is 1.07. The van der Waals surface area contributed by atoms with Gasteiger partial charge in [0.1, 0.15) is 11.5 Å². The van der Waals surface area contributed by atoms with Crippen molar-refractivity contribution in [3.63, 3.8) is 0 Å². The van der Waals surface area contributed by atoms with Gasteiger partial charge in [-0.15, -0.1) is 0 Å². The van der Waals surface area contributed by atoms with E-state index < -0.39 is 0 Å². The maximum absolute atomic E-state index is 12.1. The quantitative estimate of drug-likeness (QED) is 0.873. The first-order valence-electron chi connectivity index (χ1n) is 6.13. The smallest absolute Gasteiger partial charge is 0.227 e. The van der Waals surface area contributed by atoms with Gasteiger partial charge in [-0.05, 0) is 25.5 Å². The fourth-order valence-corrected chi connectivity index (χ4v) is 2.14. The number of furan rings is 1. The molecule has 0 radical (unpaired) electrons. The third-order valence-corrected chi connectivity index (χ3v) is 3.18. The molecule has 1 aliphatic rings. The van der Waals surface area contributed by atoms with Gasteiger partial charge in [-0.2, -0.15) is 0 Å². The Morgan fingerprint density at radius 1 is 1.56 bits per heavy atom. The van der Waals surface area contributed by atoms with Gasteiger partial charge < -0.3 is 14.6 Å². The van der Waals surface area contributed by atoms with Crippen LogP contribution in [0.15, 0.2) is 16.5 Å². The molecule has 1 unspecified atom stereocenters. The predicted molar refractivity (Wildman–Crippen MR) is 65.7 cm³/mol. The van der Waals surface area contributed by atoms with Crippen LogP contribution in [0, 0.1) is 12.8 Å². The van der Waals surface area contributed by atoms with E-state index in [-0.39, 0.29) is 17.7 Å². The largest absolute Gasteiger partial charge is 0.464 e. The summed E-state index contributed by atoms with van der Waals surface area (Å²) in [6.07, 6.45) is 1.07. The normalized spacial score (nSPS) is 19.4. The lowest BCUT2D eigenvalue weighted by Crippen LogP contribution is -2.43. The number of hydrogen-bond donors (Lipinski definition) is 1. The number of nitrogens with zero attached hydrogens (tertiary/aromatic N) is 1. The summed E-state index contributed by atoms with van der Waals surface area (Å²) in [5.41, 5.74) is 0. The highest BCUT2D eigenvalue weighted by Crippen LogP contribution is 2.16. The molecule has 1 atom stereocenters.